The van der Waals surface area contributed by atoms with Gasteiger partial charge in [-0.2, -0.15) is 0 Å². The van der Waals surface area contributed by atoms with E-state index in [9.17, 15) is 0 Å². The van der Waals surface area contributed by atoms with Gasteiger partial charge in [0, 0.05) is 50.1 Å². The van der Waals surface area contributed by atoms with Crippen molar-refractivity contribution < 1.29 is 4.74 Å². The number of guanidine groups is 1. The minimum atomic E-state index is -0.0695. The van der Waals surface area contributed by atoms with Gasteiger partial charge in [-0.25, -0.2) is 0 Å². The Bertz CT molecular complexity index is 551. The molecule has 1 N–H and O–H groups in total. The summed E-state index contributed by atoms with van der Waals surface area (Å²) < 4.78 is 5.27. The molecule has 1 aliphatic heterocycles. The molecule has 136 valence electrons. The zero-order valence-electron chi connectivity index (χ0n) is 15.0. The number of halogens is 2. The summed E-state index contributed by atoms with van der Waals surface area (Å²) >= 11 is 6.36. The van der Waals surface area contributed by atoms with E-state index < -0.39 is 0 Å². The molecule has 0 aromatic heterocycles. The molecular formula is C18H29ClIN3O. The van der Waals surface area contributed by atoms with Crippen LogP contribution in [0.25, 0.3) is 0 Å². The molecule has 1 aromatic carbocycles. The summed E-state index contributed by atoms with van der Waals surface area (Å²) in [6.07, 6.45) is 1.16. The summed E-state index contributed by atoms with van der Waals surface area (Å²) in [4.78, 5) is 6.75. The Balaban J connectivity index is 0.00000288. The van der Waals surface area contributed by atoms with Crippen molar-refractivity contribution in [1.29, 1.82) is 0 Å². The topological polar surface area (TPSA) is 36.9 Å². The standard InChI is InChI=1S/C18H28ClN3O.HI/c1-18(2,15-7-5-6-8-16(15)19)13-21-17(20-3)22-10-9-14(11-22)12-23-4;/h5-8,14H,9-13H2,1-4H3,(H,20,21);1H. The quantitative estimate of drug-likeness (QED) is 0.408. The first-order valence-corrected chi connectivity index (χ1v) is 8.55. The molecule has 0 spiro atoms. The van der Waals surface area contributed by atoms with Gasteiger partial charge in [0.25, 0.3) is 0 Å². The molecule has 0 saturated carbocycles. The van der Waals surface area contributed by atoms with Crippen molar-refractivity contribution in [2.24, 2.45) is 10.9 Å². The third kappa shape index (κ3) is 5.49. The number of benzene rings is 1. The summed E-state index contributed by atoms with van der Waals surface area (Å²) in [5.41, 5.74) is 1.09. The van der Waals surface area contributed by atoms with Gasteiger partial charge in [0.1, 0.15) is 0 Å². The van der Waals surface area contributed by atoms with Crippen LogP contribution in [0.3, 0.4) is 0 Å². The van der Waals surface area contributed by atoms with Crippen molar-refractivity contribution in [3.8, 4) is 0 Å². The van der Waals surface area contributed by atoms with Crippen molar-refractivity contribution >= 4 is 41.5 Å². The van der Waals surface area contributed by atoms with Crippen LogP contribution in [-0.2, 0) is 10.2 Å². The fraction of sp³-hybridized carbons (Fsp3) is 0.611. The van der Waals surface area contributed by atoms with Crippen molar-refractivity contribution in [3.63, 3.8) is 0 Å². The summed E-state index contributed by atoms with van der Waals surface area (Å²) in [6, 6.07) is 8.04. The van der Waals surface area contributed by atoms with E-state index in [1.807, 2.05) is 25.2 Å². The third-order valence-corrected chi connectivity index (χ3v) is 4.82. The highest BCUT2D eigenvalue weighted by molar-refractivity contribution is 14.0. The van der Waals surface area contributed by atoms with E-state index in [2.05, 4.69) is 35.1 Å². The second-order valence-corrected chi connectivity index (χ2v) is 7.23. The molecule has 0 aliphatic carbocycles. The second-order valence-electron chi connectivity index (χ2n) is 6.82. The predicted octanol–water partition coefficient (Wildman–Crippen LogP) is 3.78. The summed E-state index contributed by atoms with van der Waals surface area (Å²) in [5.74, 6) is 1.55. The summed E-state index contributed by atoms with van der Waals surface area (Å²) in [6.45, 7) is 8.03. The maximum Gasteiger partial charge on any atom is 0.193 e. The van der Waals surface area contributed by atoms with Crippen LogP contribution in [0.2, 0.25) is 5.02 Å². The Kier molecular flexibility index (Phi) is 8.81. The number of hydrogen-bond acceptors (Lipinski definition) is 2. The highest BCUT2D eigenvalue weighted by Gasteiger charge is 2.27. The van der Waals surface area contributed by atoms with Crippen LogP contribution in [-0.4, -0.2) is 51.3 Å². The Morgan fingerprint density at radius 2 is 2.12 bits per heavy atom. The van der Waals surface area contributed by atoms with Crippen LogP contribution in [0.4, 0.5) is 0 Å². The number of nitrogens with one attached hydrogen (secondary N) is 1. The van der Waals surface area contributed by atoms with Gasteiger partial charge >= 0.3 is 0 Å². The SMILES string of the molecule is CN=C(NCC(C)(C)c1ccccc1Cl)N1CCC(COC)C1.I. The van der Waals surface area contributed by atoms with Crippen LogP contribution in [0.5, 0.6) is 0 Å². The number of nitrogens with zero attached hydrogens (tertiary/aromatic N) is 2. The first kappa shape index (κ1) is 21.5. The number of aliphatic imine (C=N–C) groups is 1. The van der Waals surface area contributed by atoms with Crippen molar-refractivity contribution in [3.05, 3.63) is 34.9 Å². The smallest absolute Gasteiger partial charge is 0.193 e. The van der Waals surface area contributed by atoms with E-state index in [1.165, 1.54) is 0 Å². The molecule has 1 fully saturated rings. The lowest BCUT2D eigenvalue weighted by Gasteiger charge is -2.30. The van der Waals surface area contributed by atoms with Gasteiger partial charge in [-0.1, -0.05) is 43.6 Å². The molecule has 1 heterocycles. The van der Waals surface area contributed by atoms with Crippen LogP contribution in [0, 0.1) is 5.92 Å². The first-order valence-electron chi connectivity index (χ1n) is 8.17. The van der Waals surface area contributed by atoms with E-state index in [-0.39, 0.29) is 29.4 Å². The molecule has 0 radical (unpaired) electrons. The van der Waals surface area contributed by atoms with Crippen molar-refractivity contribution in [2.75, 3.05) is 40.4 Å². The van der Waals surface area contributed by atoms with Gasteiger partial charge in [-0.3, -0.25) is 4.99 Å². The van der Waals surface area contributed by atoms with E-state index in [1.54, 1.807) is 7.11 Å². The van der Waals surface area contributed by atoms with Crippen molar-refractivity contribution in [2.45, 2.75) is 25.7 Å². The number of methoxy groups -OCH3 is 1. The van der Waals surface area contributed by atoms with Crippen LogP contribution in [0.1, 0.15) is 25.8 Å². The number of likely N-dealkylation sites (tertiary alicyclic amines) is 1. The molecule has 0 bridgehead atoms. The zero-order valence-corrected chi connectivity index (χ0v) is 18.1. The lowest BCUT2D eigenvalue weighted by Crippen LogP contribution is -2.45. The monoisotopic (exact) mass is 465 g/mol. The minimum Gasteiger partial charge on any atom is -0.384 e. The number of rotatable bonds is 5. The normalized spacial score (nSPS) is 18.5. The molecule has 4 nitrogen and oxygen atoms in total. The average molecular weight is 466 g/mol. The van der Waals surface area contributed by atoms with Gasteiger partial charge in [0.2, 0.25) is 0 Å². The van der Waals surface area contributed by atoms with Crippen molar-refractivity contribution in [1.82, 2.24) is 10.2 Å². The third-order valence-electron chi connectivity index (χ3n) is 4.49. The number of ether oxygens (including phenoxy) is 1. The molecule has 1 aliphatic rings. The van der Waals surface area contributed by atoms with E-state index in [4.69, 9.17) is 16.3 Å². The average Bonchev–Trinajstić information content (AvgIpc) is 2.97. The molecule has 1 unspecified atom stereocenters. The Labute approximate surface area is 168 Å². The summed E-state index contributed by atoms with van der Waals surface area (Å²) in [7, 11) is 3.61. The fourth-order valence-electron chi connectivity index (χ4n) is 3.13. The Morgan fingerprint density at radius 1 is 1.42 bits per heavy atom. The lowest BCUT2D eigenvalue weighted by atomic mass is 9.84. The highest BCUT2D eigenvalue weighted by Crippen LogP contribution is 2.29. The lowest BCUT2D eigenvalue weighted by molar-refractivity contribution is 0.157. The van der Waals surface area contributed by atoms with Gasteiger partial charge in [-0.05, 0) is 18.1 Å². The van der Waals surface area contributed by atoms with Gasteiger partial charge in [0.05, 0.1) is 6.61 Å². The van der Waals surface area contributed by atoms with E-state index >= 15 is 0 Å². The Hall–Kier alpha value is -0.530. The summed E-state index contributed by atoms with van der Waals surface area (Å²) in [5, 5.41) is 4.33. The van der Waals surface area contributed by atoms with Crippen LogP contribution in [0.15, 0.2) is 29.3 Å². The molecule has 1 saturated heterocycles. The molecule has 6 heteroatoms. The van der Waals surface area contributed by atoms with E-state index in [0.29, 0.717) is 5.92 Å². The molecule has 1 aromatic rings. The second kappa shape index (κ2) is 9.82. The fourth-order valence-corrected chi connectivity index (χ4v) is 3.53. The van der Waals surface area contributed by atoms with Gasteiger partial charge < -0.3 is 15.0 Å². The first-order chi connectivity index (χ1) is 11.0. The molecule has 2 rings (SSSR count). The molecular weight excluding hydrogens is 437 g/mol. The molecule has 0 amide bonds. The predicted molar refractivity (Wildman–Crippen MR) is 113 cm³/mol. The molecule has 24 heavy (non-hydrogen) atoms. The largest absolute Gasteiger partial charge is 0.384 e. The zero-order chi connectivity index (χ0) is 16.9. The molecule has 1 atom stereocenters. The van der Waals surface area contributed by atoms with Gasteiger partial charge in [-0.15, -0.1) is 24.0 Å². The number of hydrogen-bond donors (Lipinski definition) is 1. The van der Waals surface area contributed by atoms with Gasteiger partial charge in [0.15, 0.2) is 5.96 Å². The maximum absolute atomic E-state index is 6.36. The van der Waals surface area contributed by atoms with E-state index in [0.717, 1.165) is 49.2 Å². The highest BCUT2D eigenvalue weighted by atomic mass is 127. The maximum atomic E-state index is 6.36. The minimum absolute atomic E-state index is 0. The Morgan fingerprint density at radius 3 is 2.75 bits per heavy atom. The van der Waals surface area contributed by atoms with Crippen LogP contribution >= 0.6 is 35.6 Å². The van der Waals surface area contributed by atoms with Crippen LogP contribution < -0.4 is 5.32 Å².